The van der Waals surface area contributed by atoms with Gasteiger partial charge in [-0.05, 0) is 68.4 Å². The lowest BCUT2D eigenvalue weighted by atomic mass is 9.96. The number of rotatable bonds is 4. The average Bonchev–Trinajstić information content (AvgIpc) is 2.62. The number of aromatic nitrogens is 1. The van der Waals surface area contributed by atoms with E-state index in [1.165, 1.54) is 0 Å². The molecule has 0 saturated heterocycles. The van der Waals surface area contributed by atoms with Crippen LogP contribution in [0.15, 0.2) is 63.5 Å². The molecule has 0 atom stereocenters. The van der Waals surface area contributed by atoms with Crippen LogP contribution >= 0.6 is 31.9 Å². The highest BCUT2D eigenvalue weighted by Crippen LogP contribution is 2.21. The summed E-state index contributed by atoms with van der Waals surface area (Å²) in [5, 5.41) is 0. The van der Waals surface area contributed by atoms with Gasteiger partial charge >= 0.3 is 0 Å². The predicted octanol–water partition coefficient (Wildman–Crippen LogP) is 5.69. The molecule has 0 bridgehead atoms. The third-order valence-corrected chi connectivity index (χ3v) is 5.16. The number of pyridine rings is 1. The molecule has 5 heteroatoms. The number of carbonyl (C=O) groups is 2. The highest BCUT2D eigenvalue weighted by molar-refractivity contribution is 9.10. The number of benzene rings is 2. The van der Waals surface area contributed by atoms with E-state index >= 15 is 0 Å². The maximum absolute atomic E-state index is 12.9. The van der Waals surface area contributed by atoms with Crippen LogP contribution < -0.4 is 0 Å². The Hall–Kier alpha value is -2.11. The zero-order chi connectivity index (χ0) is 18.8. The van der Waals surface area contributed by atoms with E-state index in [0.29, 0.717) is 33.6 Å². The van der Waals surface area contributed by atoms with E-state index in [-0.39, 0.29) is 11.6 Å². The molecule has 0 amide bonds. The molecule has 0 spiro atoms. The van der Waals surface area contributed by atoms with Crippen molar-refractivity contribution >= 4 is 43.4 Å². The van der Waals surface area contributed by atoms with Crippen LogP contribution in [0.5, 0.6) is 0 Å². The lowest BCUT2D eigenvalue weighted by Crippen LogP contribution is -2.12. The number of hydrogen-bond donors (Lipinski definition) is 0. The summed E-state index contributed by atoms with van der Waals surface area (Å²) < 4.78 is 1.80. The minimum absolute atomic E-state index is 0.146. The maximum Gasteiger partial charge on any atom is 0.194 e. The molecule has 0 unspecified atom stereocenters. The Balaban J connectivity index is 2.04. The van der Waals surface area contributed by atoms with Crippen LogP contribution in [0, 0.1) is 13.8 Å². The smallest absolute Gasteiger partial charge is 0.194 e. The van der Waals surface area contributed by atoms with Crippen molar-refractivity contribution in [3.8, 4) is 0 Å². The molecule has 0 aliphatic heterocycles. The van der Waals surface area contributed by atoms with Gasteiger partial charge in [0.25, 0.3) is 0 Å². The van der Waals surface area contributed by atoms with Gasteiger partial charge in [-0.2, -0.15) is 0 Å². The van der Waals surface area contributed by atoms with Crippen LogP contribution in [0.4, 0.5) is 0 Å². The molecule has 0 radical (unpaired) electrons. The summed E-state index contributed by atoms with van der Waals surface area (Å²) in [5.41, 5.74) is 3.23. The molecule has 2 aromatic carbocycles. The summed E-state index contributed by atoms with van der Waals surface area (Å²) in [6.45, 7) is 3.57. The molecule has 0 saturated carbocycles. The Morgan fingerprint density at radius 2 is 1.04 bits per heavy atom. The Morgan fingerprint density at radius 3 is 1.38 bits per heavy atom. The first-order valence-electron chi connectivity index (χ1n) is 7.95. The van der Waals surface area contributed by atoms with Crippen molar-refractivity contribution in [2.24, 2.45) is 0 Å². The SMILES string of the molecule is Cc1nc(C)c(C(=O)c2ccc(Br)cc2)cc1C(=O)c1ccc(Br)cc1. The summed E-state index contributed by atoms with van der Waals surface area (Å²) in [6, 6.07) is 15.9. The fourth-order valence-corrected chi connectivity index (χ4v) is 3.23. The zero-order valence-corrected chi connectivity index (χ0v) is 17.4. The molecule has 0 fully saturated rings. The molecular weight excluding hydrogens is 458 g/mol. The molecule has 0 aliphatic carbocycles. The van der Waals surface area contributed by atoms with E-state index in [1.807, 2.05) is 24.3 Å². The molecule has 3 aromatic rings. The Bertz CT molecular complexity index is 915. The third-order valence-electron chi connectivity index (χ3n) is 4.11. The molecule has 3 nitrogen and oxygen atoms in total. The minimum Gasteiger partial charge on any atom is -0.289 e. The fourth-order valence-electron chi connectivity index (χ4n) is 2.70. The molecule has 0 N–H and O–H groups in total. The van der Waals surface area contributed by atoms with Crippen molar-refractivity contribution in [1.29, 1.82) is 0 Å². The quantitative estimate of drug-likeness (QED) is 0.458. The van der Waals surface area contributed by atoms with Crippen LogP contribution in [-0.2, 0) is 0 Å². The lowest BCUT2D eigenvalue weighted by Gasteiger charge is -2.11. The molecule has 1 heterocycles. The van der Waals surface area contributed by atoms with Gasteiger partial charge in [-0.25, -0.2) is 0 Å². The second-order valence-electron chi connectivity index (χ2n) is 5.93. The van der Waals surface area contributed by atoms with Crippen molar-refractivity contribution < 1.29 is 9.59 Å². The minimum atomic E-state index is -0.146. The first kappa shape index (κ1) is 18.7. The second kappa shape index (κ2) is 7.64. The molecule has 0 aliphatic rings. The van der Waals surface area contributed by atoms with Crippen LogP contribution in [0.25, 0.3) is 0 Å². The van der Waals surface area contributed by atoms with E-state index in [4.69, 9.17) is 0 Å². The number of nitrogens with zero attached hydrogens (tertiary/aromatic N) is 1. The number of carbonyl (C=O) groups excluding carboxylic acids is 2. The lowest BCUT2D eigenvalue weighted by molar-refractivity contribution is 0.103. The van der Waals surface area contributed by atoms with Crippen molar-refractivity contribution in [1.82, 2.24) is 4.98 Å². The largest absolute Gasteiger partial charge is 0.289 e. The summed E-state index contributed by atoms with van der Waals surface area (Å²) in [7, 11) is 0. The van der Waals surface area contributed by atoms with Gasteiger partial charge in [0.1, 0.15) is 0 Å². The highest BCUT2D eigenvalue weighted by Gasteiger charge is 2.19. The van der Waals surface area contributed by atoms with E-state index in [9.17, 15) is 9.59 Å². The van der Waals surface area contributed by atoms with E-state index in [0.717, 1.165) is 8.95 Å². The fraction of sp³-hybridized carbons (Fsp3) is 0.0952. The van der Waals surface area contributed by atoms with Crippen LogP contribution in [0.2, 0.25) is 0 Å². The van der Waals surface area contributed by atoms with Gasteiger partial charge < -0.3 is 0 Å². The van der Waals surface area contributed by atoms with Crippen LogP contribution in [-0.4, -0.2) is 16.6 Å². The van der Waals surface area contributed by atoms with Gasteiger partial charge in [0.05, 0.1) is 0 Å². The average molecular weight is 473 g/mol. The topological polar surface area (TPSA) is 47.0 Å². The number of aryl methyl sites for hydroxylation is 2. The van der Waals surface area contributed by atoms with Crippen LogP contribution in [0.3, 0.4) is 0 Å². The molecule has 3 rings (SSSR count). The molecule has 1 aromatic heterocycles. The van der Waals surface area contributed by atoms with Gasteiger partial charge in [-0.1, -0.05) is 31.9 Å². The van der Waals surface area contributed by atoms with Gasteiger partial charge in [0.15, 0.2) is 11.6 Å². The Labute approximate surface area is 168 Å². The summed E-state index contributed by atoms with van der Waals surface area (Å²) >= 11 is 6.73. The number of hydrogen-bond acceptors (Lipinski definition) is 3. The summed E-state index contributed by atoms with van der Waals surface area (Å²) in [5.74, 6) is -0.292. The van der Waals surface area contributed by atoms with Crippen molar-refractivity contribution in [2.75, 3.05) is 0 Å². The Morgan fingerprint density at radius 1 is 0.692 bits per heavy atom. The van der Waals surface area contributed by atoms with Crippen molar-refractivity contribution in [2.45, 2.75) is 13.8 Å². The van der Waals surface area contributed by atoms with E-state index in [2.05, 4.69) is 36.8 Å². The van der Waals surface area contributed by atoms with E-state index in [1.54, 1.807) is 44.2 Å². The molecular formula is C21H15Br2NO2. The summed E-state index contributed by atoms with van der Waals surface area (Å²) in [6.07, 6.45) is 0. The van der Waals surface area contributed by atoms with Crippen molar-refractivity contribution in [3.05, 3.63) is 97.2 Å². The zero-order valence-electron chi connectivity index (χ0n) is 14.2. The molecule has 26 heavy (non-hydrogen) atoms. The maximum atomic E-state index is 12.9. The van der Waals surface area contributed by atoms with E-state index < -0.39 is 0 Å². The highest BCUT2D eigenvalue weighted by atomic mass is 79.9. The summed E-state index contributed by atoms with van der Waals surface area (Å²) in [4.78, 5) is 30.2. The third kappa shape index (κ3) is 3.84. The molecule has 130 valence electrons. The number of halogens is 2. The van der Waals surface area contributed by atoms with Crippen molar-refractivity contribution in [3.63, 3.8) is 0 Å². The monoisotopic (exact) mass is 471 g/mol. The van der Waals surface area contributed by atoms with Gasteiger partial charge in [0, 0.05) is 42.6 Å². The normalized spacial score (nSPS) is 10.6. The first-order chi connectivity index (χ1) is 12.4. The predicted molar refractivity (Wildman–Crippen MR) is 109 cm³/mol. The van der Waals surface area contributed by atoms with Gasteiger partial charge in [-0.3, -0.25) is 14.6 Å². The van der Waals surface area contributed by atoms with Gasteiger partial charge in [0.2, 0.25) is 0 Å². The first-order valence-corrected chi connectivity index (χ1v) is 9.54. The van der Waals surface area contributed by atoms with Gasteiger partial charge in [-0.15, -0.1) is 0 Å². The van der Waals surface area contributed by atoms with Crippen LogP contribution in [0.1, 0.15) is 43.2 Å². The Kier molecular flexibility index (Phi) is 5.49. The second-order valence-corrected chi connectivity index (χ2v) is 7.76. The standard InChI is InChI=1S/C21H15Br2NO2/c1-12-18(20(25)14-3-7-16(22)8-4-14)11-19(13(2)24-12)21(26)15-5-9-17(23)10-6-15/h3-11H,1-2H3. The number of ketones is 2.